The number of imidazole rings is 1. The van der Waals surface area contributed by atoms with Crippen LogP contribution in [0.3, 0.4) is 0 Å². The number of hydrogen-bond donors (Lipinski definition) is 0. The first-order valence-electron chi connectivity index (χ1n) is 15.5. The van der Waals surface area contributed by atoms with Crippen molar-refractivity contribution in [1.29, 1.82) is 0 Å². The number of amides is 1. The second-order valence-electron chi connectivity index (χ2n) is 13.4. The molecule has 5 fully saturated rings. The van der Waals surface area contributed by atoms with Crippen LogP contribution < -0.4 is 4.74 Å². The number of hydrogen-bond acceptors (Lipinski definition) is 5. The molecule has 0 bridgehead atoms. The maximum Gasteiger partial charge on any atom is 0.254 e. The van der Waals surface area contributed by atoms with Gasteiger partial charge < -0.3 is 23.5 Å². The SMILES string of the molecule is COc1cc(C(=O)N2C[C@H]3CC4C[C@@H]2[C@H]43)cc2nc(-c3cc4cccnc4n3CC3CC3)n(CC3CC(OC)C3)c12. The van der Waals surface area contributed by atoms with E-state index in [1.165, 1.54) is 25.7 Å². The van der Waals surface area contributed by atoms with Gasteiger partial charge in [0.25, 0.3) is 5.91 Å². The first-order valence-corrected chi connectivity index (χ1v) is 15.5. The van der Waals surface area contributed by atoms with Gasteiger partial charge in [-0.05, 0) is 98.4 Å². The number of aromatic nitrogens is 4. The number of carbonyl (C=O) groups is 1. The number of methoxy groups -OCH3 is 2. The van der Waals surface area contributed by atoms with Crippen LogP contribution >= 0.6 is 0 Å². The number of likely N-dealkylation sites (tertiary alicyclic amines) is 1. The summed E-state index contributed by atoms with van der Waals surface area (Å²) >= 11 is 0. The molecule has 1 saturated heterocycles. The number of carbonyl (C=O) groups excluding carboxylic acids is 1. The Balaban J connectivity index is 1.18. The van der Waals surface area contributed by atoms with Crippen LogP contribution in [0.2, 0.25) is 0 Å². The highest BCUT2D eigenvalue weighted by molar-refractivity contribution is 6.00. The summed E-state index contributed by atoms with van der Waals surface area (Å²) in [6.07, 6.45) is 9.31. The molecule has 0 spiro atoms. The Bertz CT molecular complexity index is 1700. The topological polar surface area (TPSA) is 74.4 Å². The molecule has 1 aliphatic heterocycles. The molecule has 8 nitrogen and oxygen atoms in total. The third-order valence-corrected chi connectivity index (χ3v) is 11.0. The summed E-state index contributed by atoms with van der Waals surface area (Å²) in [5.41, 5.74) is 4.60. The van der Waals surface area contributed by atoms with Crippen molar-refractivity contribution in [2.45, 2.75) is 63.8 Å². The minimum Gasteiger partial charge on any atom is -0.494 e. The van der Waals surface area contributed by atoms with E-state index in [2.05, 4.69) is 26.2 Å². The summed E-state index contributed by atoms with van der Waals surface area (Å²) < 4.78 is 16.4. The molecule has 3 aromatic heterocycles. The Kier molecular flexibility index (Phi) is 5.20. The molecule has 4 aromatic rings. The fourth-order valence-corrected chi connectivity index (χ4v) is 8.54. The zero-order chi connectivity index (χ0) is 27.4. The molecule has 8 heteroatoms. The maximum absolute atomic E-state index is 13.9. The number of fused-ring (bicyclic) bond motifs is 2. The van der Waals surface area contributed by atoms with Crippen LogP contribution in [0.25, 0.3) is 33.6 Å². The highest BCUT2D eigenvalue weighted by atomic mass is 16.5. The highest BCUT2D eigenvalue weighted by Crippen LogP contribution is 2.60. The quantitative estimate of drug-likeness (QED) is 0.294. The molecule has 0 radical (unpaired) electrons. The largest absolute Gasteiger partial charge is 0.494 e. The number of benzene rings is 1. The van der Waals surface area contributed by atoms with Gasteiger partial charge in [-0.3, -0.25) is 4.79 Å². The lowest BCUT2D eigenvalue weighted by Crippen LogP contribution is -2.53. The predicted molar refractivity (Wildman–Crippen MR) is 156 cm³/mol. The van der Waals surface area contributed by atoms with Gasteiger partial charge in [-0.15, -0.1) is 0 Å². The zero-order valence-corrected chi connectivity index (χ0v) is 23.8. The predicted octanol–water partition coefficient (Wildman–Crippen LogP) is 5.38. The fraction of sp³-hybridized carbons (Fsp3) is 0.545. The Labute approximate surface area is 239 Å². The zero-order valence-electron chi connectivity index (χ0n) is 23.8. The Morgan fingerprint density at radius 2 is 1.85 bits per heavy atom. The van der Waals surface area contributed by atoms with Crippen LogP contribution in [0, 0.1) is 29.6 Å². The minimum absolute atomic E-state index is 0.133. The molecular weight excluding hydrogens is 514 g/mol. The van der Waals surface area contributed by atoms with E-state index < -0.39 is 0 Å². The van der Waals surface area contributed by atoms with Crippen LogP contribution in [-0.4, -0.2) is 62.8 Å². The van der Waals surface area contributed by atoms with Gasteiger partial charge >= 0.3 is 0 Å². The van der Waals surface area contributed by atoms with E-state index in [0.717, 1.165) is 83.6 Å². The summed E-state index contributed by atoms with van der Waals surface area (Å²) in [5.74, 6) is 5.31. The Hall–Kier alpha value is -3.39. The second kappa shape index (κ2) is 8.81. The van der Waals surface area contributed by atoms with Gasteiger partial charge in [-0.1, -0.05) is 0 Å². The molecule has 41 heavy (non-hydrogen) atoms. The fourth-order valence-electron chi connectivity index (χ4n) is 8.54. The van der Waals surface area contributed by atoms with Gasteiger partial charge in [0.15, 0.2) is 5.82 Å². The molecule has 4 aliphatic carbocycles. The molecule has 1 unspecified atom stereocenters. The molecular formula is C33H37N5O3. The van der Waals surface area contributed by atoms with Crippen molar-refractivity contribution in [2.75, 3.05) is 20.8 Å². The molecule has 4 heterocycles. The third-order valence-electron chi connectivity index (χ3n) is 11.0. The molecule has 4 atom stereocenters. The van der Waals surface area contributed by atoms with E-state index >= 15 is 0 Å². The minimum atomic E-state index is 0.133. The van der Waals surface area contributed by atoms with Crippen molar-refractivity contribution in [1.82, 2.24) is 24.0 Å². The summed E-state index contributed by atoms with van der Waals surface area (Å²) in [5, 5.41) is 1.13. The van der Waals surface area contributed by atoms with Gasteiger partial charge in [-0.25, -0.2) is 9.97 Å². The van der Waals surface area contributed by atoms with Crippen LogP contribution in [0.15, 0.2) is 36.5 Å². The van der Waals surface area contributed by atoms with Gasteiger partial charge in [0.2, 0.25) is 0 Å². The Morgan fingerprint density at radius 3 is 2.61 bits per heavy atom. The lowest BCUT2D eigenvalue weighted by Gasteiger charge is -2.52. The molecule has 4 saturated carbocycles. The Morgan fingerprint density at radius 1 is 1.00 bits per heavy atom. The van der Waals surface area contributed by atoms with E-state index in [1.807, 2.05) is 24.4 Å². The van der Waals surface area contributed by atoms with E-state index in [9.17, 15) is 4.79 Å². The van der Waals surface area contributed by atoms with Crippen molar-refractivity contribution in [3.63, 3.8) is 0 Å². The number of ether oxygens (including phenoxy) is 2. The van der Waals surface area contributed by atoms with Crippen LogP contribution in [-0.2, 0) is 17.8 Å². The van der Waals surface area contributed by atoms with Crippen LogP contribution in [0.5, 0.6) is 5.75 Å². The summed E-state index contributed by atoms with van der Waals surface area (Å²) in [6.45, 7) is 2.70. The van der Waals surface area contributed by atoms with Crippen molar-refractivity contribution in [2.24, 2.45) is 29.6 Å². The van der Waals surface area contributed by atoms with Crippen molar-refractivity contribution >= 4 is 28.0 Å². The van der Waals surface area contributed by atoms with Crippen molar-refractivity contribution in [3.8, 4) is 17.3 Å². The highest BCUT2D eigenvalue weighted by Gasteiger charge is 2.61. The standard InChI is InChI=1S/C33H37N5O3/c1-40-24-8-19(9-24)16-38-30-25(35-32(38)27-12-20-4-3-7-34-31(20)36(27)15-18-5-6-18)11-22(14-28(30)41-2)33(39)37-17-23-10-21-13-26(37)29(21)23/h3-4,7,11-12,14,18-19,21,23-24,26,29H,5-6,8-10,13,15-17H2,1-2H3/t19?,21?,23-,24?,26-,29-/m1/s1. The number of pyridine rings is 1. The molecule has 1 aromatic carbocycles. The van der Waals surface area contributed by atoms with Crippen LogP contribution in [0.4, 0.5) is 0 Å². The van der Waals surface area contributed by atoms with E-state index in [0.29, 0.717) is 35.5 Å². The molecule has 212 valence electrons. The van der Waals surface area contributed by atoms with Crippen molar-refractivity contribution in [3.05, 3.63) is 42.1 Å². The summed E-state index contributed by atoms with van der Waals surface area (Å²) in [7, 11) is 3.52. The smallest absolute Gasteiger partial charge is 0.254 e. The first kappa shape index (κ1) is 24.2. The number of rotatable bonds is 8. The van der Waals surface area contributed by atoms with Gasteiger partial charge in [0, 0.05) is 49.9 Å². The maximum atomic E-state index is 13.9. The van der Waals surface area contributed by atoms with Crippen LogP contribution in [0.1, 0.15) is 48.9 Å². The molecule has 0 N–H and O–H groups in total. The van der Waals surface area contributed by atoms with Gasteiger partial charge in [0.05, 0.1) is 24.4 Å². The van der Waals surface area contributed by atoms with E-state index in [1.54, 1.807) is 14.2 Å². The first-order chi connectivity index (χ1) is 20.1. The average molecular weight is 552 g/mol. The summed E-state index contributed by atoms with van der Waals surface area (Å²) in [4.78, 5) is 26.1. The van der Waals surface area contributed by atoms with E-state index in [4.69, 9.17) is 19.4 Å². The van der Waals surface area contributed by atoms with Crippen molar-refractivity contribution < 1.29 is 14.3 Å². The molecule has 9 rings (SSSR count). The third kappa shape index (κ3) is 3.58. The summed E-state index contributed by atoms with van der Waals surface area (Å²) in [6, 6.07) is 10.8. The van der Waals surface area contributed by atoms with E-state index in [-0.39, 0.29) is 5.91 Å². The average Bonchev–Trinajstić information content (AvgIpc) is 3.60. The monoisotopic (exact) mass is 551 g/mol. The van der Waals surface area contributed by atoms with Gasteiger partial charge in [-0.2, -0.15) is 0 Å². The second-order valence-corrected chi connectivity index (χ2v) is 13.4. The lowest BCUT2D eigenvalue weighted by atomic mass is 9.53. The van der Waals surface area contributed by atoms with Gasteiger partial charge in [0.1, 0.15) is 16.9 Å². The number of nitrogens with zero attached hydrogens (tertiary/aromatic N) is 5. The molecule has 1 amide bonds. The molecule has 5 aliphatic rings. The normalized spacial score (nSPS) is 29.8. The lowest BCUT2D eigenvalue weighted by molar-refractivity contribution is -0.0204.